The first-order valence-electron chi connectivity index (χ1n) is 1.55. The van der Waals surface area contributed by atoms with E-state index < -0.39 is 0 Å². The van der Waals surface area contributed by atoms with Crippen molar-refractivity contribution in [3.63, 3.8) is 0 Å². The molecule has 3 heteroatoms. The van der Waals surface area contributed by atoms with Gasteiger partial charge >= 0.3 is 29.6 Å². The molecule has 32 valence electrons. The predicted molar refractivity (Wildman–Crippen MR) is 23.7 cm³/mol. The van der Waals surface area contributed by atoms with Gasteiger partial charge in [0, 0.05) is 0 Å². The summed E-state index contributed by atoms with van der Waals surface area (Å²) in [6, 6.07) is 1.72. The normalized spacial score (nSPS) is 8.86. The number of nitriles is 1. The third-order valence-corrected chi connectivity index (χ3v) is 0.281. The molecule has 0 saturated carbocycles. The average molecular weight is 104 g/mol. The molecular formula is C4H5N2Na. The maximum absolute atomic E-state index is 7.79. The molecule has 1 N–H and O–H groups in total. The molecule has 7 heavy (non-hydrogen) atoms. The topological polar surface area (TPSA) is 47.6 Å². The second-order valence-electron chi connectivity index (χ2n) is 0.956. The Morgan fingerprint density at radius 1 is 1.86 bits per heavy atom. The fraction of sp³-hybridized carbons (Fsp3) is 0.250. The SMILES string of the molecule is C/C([NH-])=C\C#N.[Na+]. The minimum Gasteiger partial charge on any atom is -0.702 e. The number of rotatable bonds is 0. The van der Waals surface area contributed by atoms with E-state index in [4.69, 9.17) is 11.0 Å². The Kier molecular flexibility index (Phi) is 8.70. The molecule has 0 aliphatic heterocycles. The molecule has 0 saturated heterocycles. The Morgan fingerprint density at radius 3 is 2.29 bits per heavy atom. The molecular weight excluding hydrogens is 99.0 g/mol. The van der Waals surface area contributed by atoms with Crippen molar-refractivity contribution in [2.24, 2.45) is 0 Å². The number of allylic oxidation sites excluding steroid dienone is 2. The van der Waals surface area contributed by atoms with E-state index in [2.05, 4.69) is 0 Å². The van der Waals surface area contributed by atoms with Gasteiger partial charge in [0.2, 0.25) is 0 Å². The van der Waals surface area contributed by atoms with Gasteiger partial charge in [0.05, 0.1) is 6.07 Å². The Balaban J connectivity index is 0. The summed E-state index contributed by atoms with van der Waals surface area (Å²) in [7, 11) is 0. The summed E-state index contributed by atoms with van der Waals surface area (Å²) in [5.74, 6) is 0. The second kappa shape index (κ2) is 6.03. The summed E-state index contributed by atoms with van der Waals surface area (Å²) in [4.78, 5) is 0. The predicted octanol–water partition coefficient (Wildman–Crippen LogP) is -1.53. The van der Waals surface area contributed by atoms with Crippen LogP contribution in [0.3, 0.4) is 0 Å². The molecule has 0 radical (unpaired) electrons. The standard InChI is InChI=1S/C4H5N2.Na/c1-4(6)2-3-5;/h2,6H,1H3;/q-1;+1/b4-2+;. The molecule has 0 spiro atoms. The van der Waals surface area contributed by atoms with Crippen LogP contribution < -0.4 is 29.6 Å². The Bertz CT molecular complexity index is 96.7. The first kappa shape index (κ1) is 10.1. The van der Waals surface area contributed by atoms with Gasteiger partial charge in [-0.1, -0.05) is 6.92 Å². The van der Waals surface area contributed by atoms with Crippen molar-refractivity contribution < 1.29 is 29.6 Å². The first-order chi connectivity index (χ1) is 2.77. The summed E-state index contributed by atoms with van der Waals surface area (Å²) in [5.41, 5.74) is 6.92. The van der Waals surface area contributed by atoms with Crippen LogP contribution in [0.5, 0.6) is 0 Å². The van der Waals surface area contributed by atoms with Crippen LogP contribution in [0.2, 0.25) is 0 Å². The molecule has 2 nitrogen and oxygen atoms in total. The van der Waals surface area contributed by atoms with Crippen molar-refractivity contribution >= 4 is 0 Å². The summed E-state index contributed by atoms with van der Waals surface area (Å²) in [5, 5.41) is 7.79. The molecule has 0 aromatic heterocycles. The molecule has 0 aromatic rings. The van der Waals surface area contributed by atoms with Crippen molar-refractivity contribution in [3.05, 3.63) is 17.5 Å². The summed E-state index contributed by atoms with van der Waals surface area (Å²) in [6.07, 6.45) is 1.18. The van der Waals surface area contributed by atoms with Crippen molar-refractivity contribution in [1.29, 1.82) is 5.26 Å². The van der Waals surface area contributed by atoms with Crippen molar-refractivity contribution in [2.45, 2.75) is 6.92 Å². The fourth-order valence-corrected chi connectivity index (χ4v) is 0.0968. The van der Waals surface area contributed by atoms with Crippen LogP contribution in [-0.4, -0.2) is 0 Å². The van der Waals surface area contributed by atoms with Gasteiger partial charge in [-0.2, -0.15) is 11.0 Å². The Hall–Kier alpha value is 0.0300. The third-order valence-electron chi connectivity index (χ3n) is 0.281. The monoisotopic (exact) mass is 104 g/mol. The van der Waals surface area contributed by atoms with Crippen LogP contribution >= 0.6 is 0 Å². The maximum Gasteiger partial charge on any atom is 1.00 e. The number of nitrogens with zero attached hydrogens (tertiary/aromatic N) is 1. The van der Waals surface area contributed by atoms with Gasteiger partial charge in [0.15, 0.2) is 0 Å². The molecule has 0 aliphatic rings. The summed E-state index contributed by atoms with van der Waals surface area (Å²) < 4.78 is 0. The summed E-state index contributed by atoms with van der Waals surface area (Å²) in [6.45, 7) is 1.56. The molecule has 0 unspecified atom stereocenters. The quantitative estimate of drug-likeness (QED) is 0.271. The van der Waals surface area contributed by atoms with Gasteiger partial charge in [-0.15, -0.1) is 0 Å². The minimum absolute atomic E-state index is 0. The maximum atomic E-state index is 7.79. The molecule has 0 bridgehead atoms. The third kappa shape index (κ3) is 10.7. The van der Waals surface area contributed by atoms with E-state index in [0.29, 0.717) is 5.70 Å². The van der Waals surface area contributed by atoms with E-state index in [1.165, 1.54) is 6.08 Å². The molecule has 0 amide bonds. The molecule has 0 heterocycles. The molecule has 0 atom stereocenters. The van der Waals surface area contributed by atoms with Crippen molar-refractivity contribution in [2.75, 3.05) is 0 Å². The molecule has 0 aromatic carbocycles. The number of hydrogen-bond acceptors (Lipinski definition) is 1. The molecule has 0 rings (SSSR count). The summed E-state index contributed by atoms with van der Waals surface area (Å²) >= 11 is 0. The van der Waals surface area contributed by atoms with Gasteiger partial charge in [0.1, 0.15) is 0 Å². The van der Waals surface area contributed by atoms with E-state index in [1.807, 2.05) is 0 Å². The van der Waals surface area contributed by atoms with Gasteiger partial charge in [0.25, 0.3) is 0 Å². The molecule has 0 aliphatic carbocycles. The van der Waals surface area contributed by atoms with Gasteiger partial charge in [-0.3, -0.25) is 0 Å². The smallest absolute Gasteiger partial charge is 0.702 e. The zero-order chi connectivity index (χ0) is 4.99. The number of nitrogens with one attached hydrogen (secondary N) is 1. The van der Waals surface area contributed by atoms with E-state index in [-0.39, 0.29) is 29.6 Å². The van der Waals surface area contributed by atoms with Crippen molar-refractivity contribution in [1.82, 2.24) is 0 Å². The largest absolute Gasteiger partial charge is 1.00 e. The van der Waals surface area contributed by atoms with Gasteiger partial charge in [-0.25, -0.2) is 0 Å². The Labute approximate surface area is 65.3 Å². The molecule has 0 fully saturated rings. The van der Waals surface area contributed by atoms with E-state index in [0.717, 1.165) is 0 Å². The zero-order valence-electron chi connectivity index (χ0n) is 4.52. The van der Waals surface area contributed by atoms with Crippen LogP contribution in [0.15, 0.2) is 11.8 Å². The number of hydrogen-bond donors (Lipinski definition) is 0. The first-order valence-corrected chi connectivity index (χ1v) is 1.55. The Morgan fingerprint density at radius 2 is 2.29 bits per heavy atom. The van der Waals surface area contributed by atoms with Gasteiger partial charge in [-0.05, 0) is 6.08 Å². The van der Waals surface area contributed by atoms with Gasteiger partial charge < -0.3 is 5.73 Å². The van der Waals surface area contributed by atoms with Crippen LogP contribution in [0.4, 0.5) is 0 Å². The van der Waals surface area contributed by atoms with Crippen LogP contribution in [0.1, 0.15) is 6.92 Å². The van der Waals surface area contributed by atoms with Crippen LogP contribution in [-0.2, 0) is 0 Å². The van der Waals surface area contributed by atoms with Crippen LogP contribution in [0, 0.1) is 11.3 Å². The van der Waals surface area contributed by atoms with Crippen LogP contribution in [0.25, 0.3) is 5.73 Å². The second-order valence-corrected chi connectivity index (χ2v) is 0.956. The van der Waals surface area contributed by atoms with E-state index >= 15 is 0 Å². The average Bonchev–Trinajstić information content (AvgIpc) is 1.35. The van der Waals surface area contributed by atoms with E-state index in [1.54, 1.807) is 13.0 Å². The van der Waals surface area contributed by atoms with Crippen molar-refractivity contribution in [3.8, 4) is 6.07 Å². The zero-order valence-corrected chi connectivity index (χ0v) is 6.52. The fourth-order valence-electron chi connectivity index (χ4n) is 0.0968. The van der Waals surface area contributed by atoms with E-state index in [9.17, 15) is 0 Å². The minimum atomic E-state index is 0.